The molecule has 0 radical (unpaired) electrons. The second-order valence-corrected chi connectivity index (χ2v) is 6.49. The van der Waals surface area contributed by atoms with Gasteiger partial charge in [-0.05, 0) is 24.3 Å². The second kappa shape index (κ2) is 7.13. The number of rotatable bonds is 4. The molecule has 2 fully saturated rings. The zero-order chi connectivity index (χ0) is 16.2. The normalized spacial score (nSPS) is 25.6. The number of ether oxygens (including phenoxy) is 1. The zero-order valence-electron chi connectivity index (χ0n) is 13.5. The lowest BCUT2D eigenvalue weighted by Gasteiger charge is -2.38. The lowest BCUT2D eigenvalue weighted by Crippen LogP contribution is -2.53. The number of carbonyl (C=O) groups excluding carboxylic acids is 2. The lowest BCUT2D eigenvalue weighted by molar-refractivity contribution is -0.162. The molecule has 2 amide bonds. The van der Waals surface area contributed by atoms with E-state index in [2.05, 4.69) is 5.32 Å². The minimum Gasteiger partial charge on any atom is -0.356 e. The topological polar surface area (TPSA) is 58.6 Å². The molecule has 1 heterocycles. The molecule has 5 heteroatoms. The summed E-state index contributed by atoms with van der Waals surface area (Å²) in [5, 5.41) is 3.03. The van der Waals surface area contributed by atoms with Gasteiger partial charge in [0.15, 0.2) is 6.10 Å². The first kappa shape index (κ1) is 16.0. The Hall–Kier alpha value is -1.88. The third kappa shape index (κ3) is 3.55. The number of carbonyl (C=O) groups is 2. The number of benzene rings is 1. The van der Waals surface area contributed by atoms with Crippen molar-refractivity contribution < 1.29 is 14.3 Å². The molecule has 1 aliphatic heterocycles. The first-order valence-electron chi connectivity index (χ1n) is 8.36. The summed E-state index contributed by atoms with van der Waals surface area (Å²) in [5.41, 5.74) is 0.920. The van der Waals surface area contributed by atoms with E-state index in [0.29, 0.717) is 12.5 Å². The molecule has 0 unspecified atom stereocenters. The van der Waals surface area contributed by atoms with Gasteiger partial charge < -0.3 is 15.0 Å². The minimum absolute atomic E-state index is 0.0403. The Labute approximate surface area is 137 Å². The Morgan fingerprint density at radius 1 is 1.26 bits per heavy atom. The van der Waals surface area contributed by atoms with E-state index in [4.69, 9.17) is 4.74 Å². The monoisotopic (exact) mass is 316 g/mol. The summed E-state index contributed by atoms with van der Waals surface area (Å²) >= 11 is 0. The van der Waals surface area contributed by atoms with Gasteiger partial charge in [0.1, 0.15) is 6.61 Å². The van der Waals surface area contributed by atoms with Gasteiger partial charge in [0, 0.05) is 13.6 Å². The average molecular weight is 316 g/mol. The van der Waals surface area contributed by atoms with E-state index in [-0.39, 0.29) is 24.5 Å². The summed E-state index contributed by atoms with van der Waals surface area (Å²) in [6.45, 7) is 0.666. The summed E-state index contributed by atoms with van der Waals surface area (Å²) in [5.74, 6) is 0.362. The van der Waals surface area contributed by atoms with Crippen molar-refractivity contribution in [3.8, 4) is 0 Å². The Morgan fingerprint density at radius 2 is 1.96 bits per heavy atom. The highest BCUT2D eigenvalue weighted by molar-refractivity contribution is 5.86. The van der Waals surface area contributed by atoms with Crippen LogP contribution in [0.1, 0.15) is 37.3 Å². The molecule has 23 heavy (non-hydrogen) atoms. The van der Waals surface area contributed by atoms with Crippen molar-refractivity contribution in [2.45, 2.75) is 37.8 Å². The van der Waals surface area contributed by atoms with Crippen LogP contribution in [0, 0.1) is 5.92 Å². The van der Waals surface area contributed by atoms with Crippen LogP contribution in [-0.2, 0) is 14.3 Å². The number of hydrogen-bond acceptors (Lipinski definition) is 3. The fourth-order valence-corrected chi connectivity index (χ4v) is 3.54. The molecule has 3 rings (SSSR count). The molecule has 1 saturated carbocycles. The van der Waals surface area contributed by atoms with Gasteiger partial charge in [-0.1, -0.05) is 43.2 Å². The highest BCUT2D eigenvalue weighted by Gasteiger charge is 2.40. The van der Waals surface area contributed by atoms with Gasteiger partial charge in [-0.25, -0.2) is 0 Å². The quantitative estimate of drug-likeness (QED) is 0.923. The van der Waals surface area contributed by atoms with E-state index < -0.39 is 6.10 Å². The maximum atomic E-state index is 12.6. The number of likely N-dealkylation sites (N-methyl/N-ethyl adjacent to an activating group) is 1. The number of nitrogens with zero attached hydrogens (tertiary/aromatic N) is 1. The lowest BCUT2D eigenvalue weighted by atomic mass is 9.97. The smallest absolute Gasteiger partial charge is 0.251 e. The minimum atomic E-state index is -0.651. The molecule has 1 aromatic rings. The highest BCUT2D eigenvalue weighted by atomic mass is 16.5. The van der Waals surface area contributed by atoms with Gasteiger partial charge in [0.2, 0.25) is 5.91 Å². The van der Waals surface area contributed by atoms with E-state index in [1.54, 1.807) is 11.9 Å². The summed E-state index contributed by atoms with van der Waals surface area (Å²) < 4.78 is 5.60. The Kier molecular flexibility index (Phi) is 4.96. The highest BCUT2D eigenvalue weighted by Crippen LogP contribution is 2.29. The fraction of sp³-hybridized carbons (Fsp3) is 0.556. The molecule has 2 atom stereocenters. The van der Waals surface area contributed by atoms with Crippen LogP contribution < -0.4 is 5.32 Å². The molecule has 1 saturated heterocycles. The van der Waals surface area contributed by atoms with Crippen LogP contribution in [0.4, 0.5) is 0 Å². The Bertz CT molecular complexity index is 555. The molecule has 2 aliphatic rings. The maximum absolute atomic E-state index is 12.6. The number of nitrogens with one attached hydrogen (secondary N) is 1. The van der Waals surface area contributed by atoms with Crippen molar-refractivity contribution in [3.05, 3.63) is 35.9 Å². The molecule has 0 aromatic heterocycles. The largest absolute Gasteiger partial charge is 0.356 e. The van der Waals surface area contributed by atoms with Gasteiger partial charge in [-0.2, -0.15) is 0 Å². The summed E-state index contributed by atoms with van der Waals surface area (Å²) in [4.78, 5) is 26.2. The SMILES string of the molecule is CN1C(=O)CO[C@H](C(=O)NCC2CCCC2)[C@@H]1c1ccccc1. The fourth-order valence-electron chi connectivity index (χ4n) is 3.54. The molecular formula is C18H24N2O3. The van der Waals surface area contributed by atoms with Gasteiger partial charge in [-0.3, -0.25) is 9.59 Å². The average Bonchev–Trinajstić information content (AvgIpc) is 3.09. The van der Waals surface area contributed by atoms with Crippen molar-refractivity contribution in [3.63, 3.8) is 0 Å². The molecule has 1 N–H and O–H groups in total. The standard InChI is InChI=1S/C18H24N2O3/c1-20-15(21)12-23-17(16(20)14-9-3-2-4-10-14)18(22)19-11-13-7-5-6-8-13/h2-4,9-10,13,16-17H,5-8,11-12H2,1H3,(H,19,22)/t16-,17-/m0/s1. The number of amides is 2. The van der Waals surface area contributed by atoms with Crippen LogP contribution in [0.5, 0.6) is 0 Å². The van der Waals surface area contributed by atoms with Gasteiger partial charge >= 0.3 is 0 Å². The van der Waals surface area contributed by atoms with Crippen LogP contribution >= 0.6 is 0 Å². The van der Waals surface area contributed by atoms with E-state index in [0.717, 1.165) is 5.56 Å². The third-order valence-corrected chi connectivity index (χ3v) is 4.92. The summed E-state index contributed by atoms with van der Waals surface area (Å²) in [6.07, 6.45) is 4.23. The van der Waals surface area contributed by atoms with Crippen molar-refractivity contribution in [1.29, 1.82) is 0 Å². The number of hydrogen-bond donors (Lipinski definition) is 1. The van der Waals surface area contributed by atoms with E-state index in [1.165, 1.54) is 25.7 Å². The van der Waals surface area contributed by atoms with E-state index >= 15 is 0 Å². The van der Waals surface area contributed by atoms with Crippen LogP contribution in [0.3, 0.4) is 0 Å². The van der Waals surface area contributed by atoms with Gasteiger partial charge in [0.05, 0.1) is 6.04 Å². The molecule has 1 aromatic carbocycles. The molecular weight excluding hydrogens is 292 g/mol. The van der Waals surface area contributed by atoms with Crippen molar-refractivity contribution in [2.24, 2.45) is 5.92 Å². The summed E-state index contributed by atoms with van der Waals surface area (Å²) in [7, 11) is 1.74. The third-order valence-electron chi connectivity index (χ3n) is 4.92. The molecule has 0 bridgehead atoms. The van der Waals surface area contributed by atoms with Crippen LogP contribution in [-0.4, -0.2) is 43.0 Å². The van der Waals surface area contributed by atoms with Crippen LogP contribution in [0.2, 0.25) is 0 Å². The second-order valence-electron chi connectivity index (χ2n) is 6.49. The Morgan fingerprint density at radius 3 is 2.65 bits per heavy atom. The van der Waals surface area contributed by atoms with E-state index in [9.17, 15) is 9.59 Å². The maximum Gasteiger partial charge on any atom is 0.251 e. The Balaban J connectivity index is 1.72. The van der Waals surface area contributed by atoms with Gasteiger partial charge in [0.25, 0.3) is 5.91 Å². The molecule has 5 nitrogen and oxygen atoms in total. The molecule has 0 spiro atoms. The molecule has 124 valence electrons. The van der Waals surface area contributed by atoms with Crippen LogP contribution in [0.25, 0.3) is 0 Å². The van der Waals surface area contributed by atoms with Crippen molar-refractivity contribution in [2.75, 3.05) is 20.2 Å². The molecule has 1 aliphatic carbocycles. The zero-order valence-corrected chi connectivity index (χ0v) is 13.5. The number of morpholine rings is 1. The first-order valence-corrected chi connectivity index (χ1v) is 8.36. The van der Waals surface area contributed by atoms with Crippen molar-refractivity contribution in [1.82, 2.24) is 10.2 Å². The predicted octanol–water partition coefficient (Wildman–Crippen LogP) is 1.89. The first-order chi connectivity index (χ1) is 11.2. The van der Waals surface area contributed by atoms with Crippen molar-refractivity contribution >= 4 is 11.8 Å². The predicted molar refractivity (Wildman–Crippen MR) is 86.7 cm³/mol. The van der Waals surface area contributed by atoms with Crippen LogP contribution in [0.15, 0.2) is 30.3 Å². The van der Waals surface area contributed by atoms with Gasteiger partial charge in [-0.15, -0.1) is 0 Å². The van der Waals surface area contributed by atoms with E-state index in [1.807, 2.05) is 30.3 Å². The summed E-state index contributed by atoms with van der Waals surface area (Å²) in [6, 6.07) is 9.23.